The van der Waals surface area contributed by atoms with Crippen molar-refractivity contribution in [3.8, 4) is 33.4 Å². The second-order valence-corrected chi connectivity index (χ2v) is 14.5. The average molecular weight is 971 g/mol. The maximum absolute atomic E-state index is 14.4. The molecule has 0 heterocycles. The summed E-state index contributed by atoms with van der Waals surface area (Å²) in [6, 6.07) is -2.90. The van der Waals surface area contributed by atoms with Crippen LogP contribution in [0, 0.1) is 0 Å². The number of halogens is 24. The van der Waals surface area contributed by atoms with Crippen LogP contribution in [0.1, 0.15) is 44.5 Å². The zero-order valence-corrected chi connectivity index (χ0v) is 31.6. The van der Waals surface area contributed by atoms with E-state index in [1.165, 1.54) is 0 Å². The normalized spacial score (nSPS) is 14.0. The van der Waals surface area contributed by atoms with Crippen LogP contribution in [-0.2, 0) is 49.4 Å². The Balaban J connectivity index is 2.20. The molecule has 0 aromatic heterocycles. The molecular formula is C40H20F24N+. The molecule has 0 aliphatic rings. The summed E-state index contributed by atoms with van der Waals surface area (Å²) < 4.78 is 340. The Labute approximate surface area is 347 Å². The Morgan fingerprint density at radius 3 is 0.769 bits per heavy atom. The molecular weight excluding hydrogens is 950 g/mol. The van der Waals surface area contributed by atoms with Crippen molar-refractivity contribution in [3.05, 3.63) is 129 Å². The van der Waals surface area contributed by atoms with Crippen molar-refractivity contribution in [3.63, 3.8) is 0 Å². The molecule has 0 unspecified atom stereocenters. The molecule has 5 aromatic carbocycles. The number of nitrogens with zero attached hydrogens (tertiary/aromatic N) is 1. The Bertz CT molecular complexity index is 2480. The Hall–Kier alpha value is -5.62. The summed E-state index contributed by atoms with van der Waals surface area (Å²) in [5.74, 6) is 0. The second-order valence-electron chi connectivity index (χ2n) is 14.5. The number of benzene rings is 5. The molecule has 0 bridgehead atoms. The van der Waals surface area contributed by atoms with Crippen LogP contribution >= 0.6 is 0 Å². The summed E-state index contributed by atoms with van der Waals surface area (Å²) in [6.45, 7) is 0. The highest BCUT2D eigenvalue weighted by Crippen LogP contribution is 2.54. The topological polar surface area (TPSA) is 0 Å². The molecule has 0 radical (unpaired) electrons. The van der Waals surface area contributed by atoms with Crippen LogP contribution in [0.3, 0.4) is 0 Å². The van der Waals surface area contributed by atoms with E-state index in [-0.39, 0.29) is 48.5 Å². The average Bonchev–Trinajstić information content (AvgIpc) is 3.13. The van der Waals surface area contributed by atoms with E-state index in [1.54, 1.807) is 0 Å². The Kier molecular flexibility index (Phi) is 12.2. The minimum atomic E-state index is -5.87. The van der Waals surface area contributed by atoms with Gasteiger partial charge in [0, 0.05) is 23.8 Å². The van der Waals surface area contributed by atoms with Gasteiger partial charge in [-0.2, -0.15) is 105 Å². The molecule has 0 fully saturated rings. The van der Waals surface area contributed by atoms with Crippen LogP contribution in [-0.4, -0.2) is 14.1 Å². The first-order valence-electron chi connectivity index (χ1n) is 17.2. The third-order valence-electron chi connectivity index (χ3n) is 9.65. The molecule has 5 aromatic rings. The smallest absolute Gasteiger partial charge is 0.263 e. The Morgan fingerprint density at radius 1 is 0.277 bits per heavy atom. The van der Waals surface area contributed by atoms with E-state index in [1.807, 2.05) is 0 Å². The molecule has 0 aliphatic carbocycles. The molecule has 0 amide bonds. The zero-order chi connectivity index (χ0) is 49.6. The van der Waals surface area contributed by atoms with Gasteiger partial charge in [-0.3, -0.25) is 4.48 Å². The first kappa shape index (κ1) is 50.4. The molecule has 5 rings (SSSR count). The summed E-state index contributed by atoms with van der Waals surface area (Å²) in [4.78, 5) is 0. The molecule has 0 aliphatic heterocycles. The van der Waals surface area contributed by atoms with Gasteiger partial charge >= 0.3 is 49.4 Å². The zero-order valence-electron chi connectivity index (χ0n) is 31.6. The lowest BCUT2D eigenvalue weighted by Crippen LogP contribution is -2.35. The van der Waals surface area contributed by atoms with Crippen LogP contribution < -0.4 is 4.48 Å². The van der Waals surface area contributed by atoms with Crippen LogP contribution in [0.2, 0.25) is 0 Å². The van der Waals surface area contributed by atoms with Crippen molar-refractivity contribution in [2.45, 2.75) is 49.4 Å². The van der Waals surface area contributed by atoms with Gasteiger partial charge in [0.2, 0.25) is 0 Å². The van der Waals surface area contributed by atoms with Gasteiger partial charge in [-0.1, -0.05) is 0 Å². The van der Waals surface area contributed by atoms with Gasteiger partial charge in [0.1, 0.15) is 11.4 Å². The van der Waals surface area contributed by atoms with Gasteiger partial charge in [-0.25, -0.2) is 0 Å². The molecule has 0 atom stereocenters. The predicted octanol–water partition coefficient (Wildman–Crippen LogP) is 16.7. The number of rotatable bonds is 5. The summed E-state index contributed by atoms with van der Waals surface area (Å²) >= 11 is 0. The number of hydrogen-bond acceptors (Lipinski definition) is 0. The second kappa shape index (κ2) is 15.8. The summed E-state index contributed by atoms with van der Waals surface area (Å²) in [5.41, 5.74) is -29.6. The van der Waals surface area contributed by atoms with Crippen molar-refractivity contribution in [1.29, 1.82) is 0 Å². The van der Waals surface area contributed by atoms with Crippen molar-refractivity contribution < 1.29 is 105 Å². The fourth-order valence-electron chi connectivity index (χ4n) is 6.60. The minimum absolute atomic E-state index is 0.0334. The fraction of sp³-hybridized carbons (Fsp3) is 0.250. The maximum atomic E-state index is 14.4. The van der Waals surface area contributed by atoms with Crippen molar-refractivity contribution >= 4 is 11.4 Å². The molecule has 0 saturated heterocycles. The van der Waals surface area contributed by atoms with E-state index < -0.39 is 167 Å². The van der Waals surface area contributed by atoms with E-state index in [4.69, 9.17) is 0 Å². The highest BCUT2D eigenvalue weighted by Gasteiger charge is 2.44. The van der Waals surface area contributed by atoms with E-state index in [0.29, 0.717) is 26.2 Å². The van der Waals surface area contributed by atoms with E-state index in [2.05, 4.69) is 0 Å². The van der Waals surface area contributed by atoms with E-state index in [9.17, 15) is 105 Å². The van der Waals surface area contributed by atoms with Gasteiger partial charge in [0.05, 0.1) is 64.2 Å². The van der Waals surface area contributed by atoms with Crippen molar-refractivity contribution in [2.24, 2.45) is 0 Å². The lowest BCUT2D eigenvalue weighted by Gasteiger charge is -2.34. The minimum Gasteiger partial charge on any atom is -0.263 e. The monoisotopic (exact) mass is 970 g/mol. The highest BCUT2D eigenvalue weighted by atomic mass is 19.4. The van der Waals surface area contributed by atoms with Crippen LogP contribution in [0.25, 0.3) is 33.4 Å². The molecule has 0 spiro atoms. The molecule has 352 valence electrons. The third-order valence-corrected chi connectivity index (χ3v) is 9.65. The quantitative estimate of drug-likeness (QED) is 0.122. The molecule has 25 heteroatoms. The van der Waals surface area contributed by atoms with Gasteiger partial charge < -0.3 is 0 Å². The first-order chi connectivity index (χ1) is 29.0. The Morgan fingerprint density at radius 2 is 0.508 bits per heavy atom. The van der Waals surface area contributed by atoms with E-state index in [0.717, 1.165) is 0 Å². The van der Waals surface area contributed by atoms with Gasteiger partial charge in [0.15, 0.2) is 0 Å². The van der Waals surface area contributed by atoms with Crippen molar-refractivity contribution in [1.82, 2.24) is 4.48 Å². The van der Waals surface area contributed by atoms with Crippen LogP contribution in [0.15, 0.2) is 84.9 Å². The molecule has 65 heavy (non-hydrogen) atoms. The van der Waals surface area contributed by atoms with E-state index >= 15 is 0 Å². The fourth-order valence-corrected chi connectivity index (χ4v) is 6.60. The maximum Gasteiger partial charge on any atom is 0.416 e. The summed E-state index contributed by atoms with van der Waals surface area (Å²) in [7, 11) is 1.19. The standard InChI is InChI=1S/C40H20F24N/c1-65(2,28-15-26(39(59,60)61)14-27(16-28)40(62,63)64)30-4-3-29(17-5-20(33(41,42)43)11-21(6-17)34(44,45)46)31(18-7-22(35(47,48)49)12-23(8-18)36(50,51)52)32(30)19-9-24(37(53,54)55)13-25(10-19)38(56,57)58/h3-16H,1-2H3/q+1. The molecule has 1 nitrogen and oxygen atoms in total. The molecule has 0 N–H and O–H groups in total. The number of alkyl halides is 24. The van der Waals surface area contributed by atoms with Crippen LogP contribution in [0.4, 0.5) is 117 Å². The predicted molar refractivity (Wildman–Crippen MR) is 183 cm³/mol. The summed E-state index contributed by atoms with van der Waals surface area (Å²) in [5, 5.41) is 0. The highest BCUT2D eigenvalue weighted by molar-refractivity contribution is 6.01. The number of hydrogen-bond donors (Lipinski definition) is 0. The summed E-state index contributed by atoms with van der Waals surface area (Å²) in [6.07, 6.45) is -46.3. The van der Waals surface area contributed by atoms with Gasteiger partial charge in [0.25, 0.3) is 0 Å². The molecule has 0 saturated carbocycles. The third kappa shape index (κ3) is 10.8. The SMILES string of the molecule is C[N+](C)(c1cc(C(F)(F)F)cc(C(F)(F)F)c1)c1ccc(-c2cc(C(F)(F)F)cc(C(F)(F)F)c2)c(-c2cc(C(F)(F)F)cc(C(F)(F)F)c2)c1-c1cc(C(F)(F)F)cc(C(F)(F)F)c1. The largest absolute Gasteiger partial charge is 0.416 e. The first-order valence-corrected chi connectivity index (χ1v) is 17.2. The van der Waals surface area contributed by atoms with Crippen molar-refractivity contribution in [2.75, 3.05) is 14.1 Å². The van der Waals surface area contributed by atoms with Gasteiger partial charge in [-0.15, -0.1) is 0 Å². The van der Waals surface area contributed by atoms with Gasteiger partial charge in [-0.05, 0) is 89.0 Å². The van der Waals surface area contributed by atoms with Crippen LogP contribution in [0.5, 0.6) is 0 Å². The number of quaternary nitrogens is 1. The lowest BCUT2D eigenvalue weighted by atomic mass is 9.83. The lowest BCUT2D eigenvalue weighted by molar-refractivity contribution is -0.144.